The molecule has 1 aromatic carbocycles. The first kappa shape index (κ1) is 8.80. The second kappa shape index (κ2) is 4.45. The molecule has 0 aliphatic heterocycles. The Bertz CT molecular complexity index is 231. The van der Waals surface area contributed by atoms with Gasteiger partial charge in [-0.25, -0.2) is 0 Å². The van der Waals surface area contributed by atoms with Gasteiger partial charge in [-0.3, -0.25) is 0 Å². The van der Waals surface area contributed by atoms with Gasteiger partial charge >= 0.3 is 0 Å². The second-order valence-electron chi connectivity index (χ2n) is 3.98. The largest absolute Gasteiger partial charge is 0.0622 e. The number of benzene rings is 1. The second-order valence-corrected chi connectivity index (χ2v) is 3.98. The minimum atomic E-state index is 0.844. The van der Waals surface area contributed by atoms with Crippen LogP contribution in [0.1, 0.15) is 37.7 Å². The molecule has 0 amide bonds. The lowest BCUT2D eigenvalue weighted by Crippen LogP contribution is -2.07. The first-order chi connectivity index (χ1) is 6.45. The molecule has 0 spiro atoms. The highest BCUT2D eigenvalue weighted by molar-refractivity contribution is 5.23. The molecule has 0 atom stereocenters. The Morgan fingerprint density at radius 1 is 0.923 bits per heavy atom. The zero-order valence-corrected chi connectivity index (χ0v) is 8.08. The van der Waals surface area contributed by atoms with E-state index >= 15 is 0 Å². The molecule has 0 nitrogen and oxygen atoms in total. The summed E-state index contributed by atoms with van der Waals surface area (Å²) in [6.07, 6.45) is 9.53. The van der Waals surface area contributed by atoms with E-state index in [2.05, 4.69) is 36.8 Å². The highest BCUT2D eigenvalue weighted by Crippen LogP contribution is 2.27. The lowest BCUT2D eigenvalue weighted by atomic mass is 9.85. The Hall–Kier alpha value is -0.780. The van der Waals surface area contributed by atoms with Gasteiger partial charge in [0.1, 0.15) is 0 Å². The summed E-state index contributed by atoms with van der Waals surface area (Å²) in [4.78, 5) is 0. The summed E-state index contributed by atoms with van der Waals surface area (Å²) in [5.74, 6) is 0.844. The van der Waals surface area contributed by atoms with Gasteiger partial charge in [0.15, 0.2) is 0 Å². The van der Waals surface area contributed by atoms with Crippen molar-refractivity contribution < 1.29 is 0 Å². The van der Waals surface area contributed by atoms with Crippen molar-refractivity contribution in [3.63, 3.8) is 0 Å². The molecule has 0 unspecified atom stereocenters. The lowest BCUT2D eigenvalue weighted by molar-refractivity contribution is 0.403. The fraction of sp³-hybridized carbons (Fsp3) is 0.462. The maximum Gasteiger partial charge on any atom is -0.00621 e. The van der Waals surface area contributed by atoms with Crippen LogP contribution >= 0.6 is 0 Å². The van der Waals surface area contributed by atoms with Crippen LogP contribution in [0.25, 0.3) is 0 Å². The van der Waals surface area contributed by atoms with Gasteiger partial charge in [-0.1, -0.05) is 49.6 Å². The van der Waals surface area contributed by atoms with E-state index in [1.165, 1.54) is 37.7 Å². The van der Waals surface area contributed by atoms with Crippen LogP contribution in [0, 0.1) is 12.3 Å². The Morgan fingerprint density at radius 2 is 1.62 bits per heavy atom. The third-order valence-corrected chi connectivity index (χ3v) is 2.88. The van der Waals surface area contributed by atoms with E-state index in [9.17, 15) is 0 Å². The van der Waals surface area contributed by atoms with Gasteiger partial charge in [-0.2, -0.15) is 0 Å². The molecule has 2 rings (SSSR count). The van der Waals surface area contributed by atoms with Crippen LogP contribution in [0.5, 0.6) is 0 Å². The molecule has 0 saturated heterocycles. The molecule has 1 aliphatic rings. The van der Waals surface area contributed by atoms with Crippen LogP contribution < -0.4 is 0 Å². The van der Waals surface area contributed by atoms with Gasteiger partial charge in [0.05, 0.1) is 0 Å². The molecule has 0 heteroatoms. The van der Waals surface area contributed by atoms with E-state index in [-0.39, 0.29) is 0 Å². The highest BCUT2D eigenvalue weighted by Gasteiger charge is 2.13. The van der Waals surface area contributed by atoms with Crippen molar-refractivity contribution in [2.75, 3.05) is 0 Å². The molecule has 1 radical (unpaired) electrons. The third kappa shape index (κ3) is 2.58. The summed E-state index contributed by atoms with van der Waals surface area (Å²) in [5, 5.41) is 0. The zero-order valence-electron chi connectivity index (χ0n) is 8.08. The molecule has 0 bridgehead atoms. The van der Waals surface area contributed by atoms with Crippen LogP contribution in [0.2, 0.25) is 0 Å². The molecule has 1 aromatic rings. The molecule has 69 valence electrons. The number of rotatable bonds is 2. The average Bonchev–Trinajstić information content (AvgIpc) is 2.21. The van der Waals surface area contributed by atoms with Crippen LogP contribution in [0.3, 0.4) is 0 Å². The van der Waals surface area contributed by atoms with Crippen molar-refractivity contribution in [1.29, 1.82) is 0 Å². The maximum absolute atomic E-state index is 2.44. The molecular weight excluding hydrogens is 156 g/mol. The molecule has 1 saturated carbocycles. The quantitative estimate of drug-likeness (QED) is 0.637. The smallest absolute Gasteiger partial charge is 0.00621 e. The minimum Gasteiger partial charge on any atom is -0.0622 e. The van der Waals surface area contributed by atoms with Crippen molar-refractivity contribution in [2.24, 2.45) is 5.92 Å². The van der Waals surface area contributed by atoms with Crippen LogP contribution in [-0.2, 0) is 0 Å². The standard InChI is InChI=1S/C13H17/c1-3-7-12(8-4-1)11-13-9-5-2-6-10-13/h1,3-4,7-8,11,13H,2,5-6,9-10H2. The average molecular weight is 173 g/mol. The SMILES string of the molecule is [CH](c1ccccc1)C1CCCCC1. The van der Waals surface area contributed by atoms with Gasteiger partial charge in [-0.05, 0) is 30.7 Å². The molecule has 1 aliphatic carbocycles. The van der Waals surface area contributed by atoms with Gasteiger partial charge < -0.3 is 0 Å². The summed E-state index contributed by atoms with van der Waals surface area (Å²) >= 11 is 0. The van der Waals surface area contributed by atoms with E-state index in [1.807, 2.05) is 0 Å². The third-order valence-electron chi connectivity index (χ3n) is 2.88. The maximum atomic E-state index is 2.44. The van der Waals surface area contributed by atoms with Crippen molar-refractivity contribution in [1.82, 2.24) is 0 Å². The monoisotopic (exact) mass is 173 g/mol. The fourth-order valence-electron chi connectivity index (χ4n) is 2.14. The van der Waals surface area contributed by atoms with E-state index in [4.69, 9.17) is 0 Å². The number of hydrogen-bond donors (Lipinski definition) is 0. The first-order valence-electron chi connectivity index (χ1n) is 5.35. The van der Waals surface area contributed by atoms with E-state index in [0.29, 0.717) is 0 Å². The molecule has 0 N–H and O–H groups in total. The van der Waals surface area contributed by atoms with Crippen molar-refractivity contribution in [3.8, 4) is 0 Å². The number of hydrogen-bond acceptors (Lipinski definition) is 0. The topological polar surface area (TPSA) is 0 Å². The summed E-state index contributed by atoms with van der Waals surface area (Å²) in [6.45, 7) is 0. The first-order valence-corrected chi connectivity index (χ1v) is 5.35. The van der Waals surface area contributed by atoms with Gasteiger partial charge in [0, 0.05) is 0 Å². The predicted molar refractivity (Wildman–Crippen MR) is 56.4 cm³/mol. The molecule has 0 heterocycles. The minimum absolute atomic E-state index is 0.844. The van der Waals surface area contributed by atoms with Crippen molar-refractivity contribution >= 4 is 0 Å². The summed E-state index contributed by atoms with van der Waals surface area (Å²) in [7, 11) is 0. The normalized spacial score (nSPS) is 18.8. The van der Waals surface area contributed by atoms with Crippen molar-refractivity contribution in [2.45, 2.75) is 32.1 Å². The Labute approximate surface area is 81.0 Å². The molecule has 13 heavy (non-hydrogen) atoms. The summed E-state index contributed by atoms with van der Waals surface area (Å²) in [5.41, 5.74) is 1.40. The lowest BCUT2D eigenvalue weighted by Gasteiger charge is -2.20. The van der Waals surface area contributed by atoms with Crippen LogP contribution in [0.15, 0.2) is 30.3 Å². The summed E-state index contributed by atoms with van der Waals surface area (Å²) in [6, 6.07) is 10.7. The Kier molecular flexibility index (Phi) is 3.02. The Morgan fingerprint density at radius 3 is 2.31 bits per heavy atom. The highest BCUT2D eigenvalue weighted by atomic mass is 14.2. The van der Waals surface area contributed by atoms with Crippen LogP contribution in [-0.4, -0.2) is 0 Å². The Balaban J connectivity index is 1.90. The fourth-order valence-corrected chi connectivity index (χ4v) is 2.14. The predicted octanol–water partition coefficient (Wildman–Crippen LogP) is 3.82. The molecule has 0 aromatic heterocycles. The van der Waals surface area contributed by atoms with Gasteiger partial charge in [-0.15, -0.1) is 0 Å². The molecule has 1 fully saturated rings. The molecular formula is C13H17. The summed E-state index contributed by atoms with van der Waals surface area (Å²) < 4.78 is 0. The van der Waals surface area contributed by atoms with Gasteiger partial charge in [0.25, 0.3) is 0 Å². The van der Waals surface area contributed by atoms with E-state index in [0.717, 1.165) is 5.92 Å². The van der Waals surface area contributed by atoms with Crippen LogP contribution in [0.4, 0.5) is 0 Å². The van der Waals surface area contributed by atoms with E-state index in [1.54, 1.807) is 0 Å². The van der Waals surface area contributed by atoms with E-state index < -0.39 is 0 Å². The van der Waals surface area contributed by atoms with Gasteiger partial charge in [0.2, 0.25) is 0 Å². The zero-order chi connectivity index (χ0) is 8.93. The van der Waals surface area contributed by atoms with Crippen molar-refractivity contribution in [3.05, 3.63) is 42.3 Å².